The first-order chi connectivity index (χ1) is 13.0. The number of benzene rings is 1. The molecule has 4 rings (SSSR count). The summed E-state index contributed by atoms with van der Waals surface area (Å²) in [6.45, 7) is 1.81. The minimum atomic E-state index is -0.467. The molecule has 0 atom stereocenters. The van der Waals surface area contributed by atoms with E-state index in [-0.39, 0.29) is 17.7 Å². The molecule has 138 valence electrons. The Morgan fingerprint density at radius 2 is 2.07 bits per heavy atom. The molecule has 27 heavy (non-hydrogen) atoms. The zero-order valence-electron chi connectivity index (χ0n) is 14.5. The van der Waals surface area contributed by atoms with E-state index in [1.165, 1.54) is 23.7 Å². The van der Waals surface area contributed by atoms with Gasteiger partial charge in [0.2, 0.25) is 5.91 Å². The highest BCUT2D eigenvalue weighted by Gasteiger charge is 2.30. The van der Waals surface area contributed by atoms with Gasteiger partial charge in [0.25, 0.3) is 5.91 Å². The molecule has 0 spiro atoms. The Hall–Kier alpha value is -3.00. The van der Waals surface area contributed by atoms with E-state index in [4.69, 9.17) is 0 Å². The summed E-state index contributed by atoms with van der Waals surface area (Å²) in [6, 6.07) is 6.26. The van der Waals surface area contributed by atoms with E-state index in [0.717, 1.165) is 18.4 Å². The minimum absolute atomic E-state index is 0.000342. The number of carbonyl (C=O) groups excluding carboxylic acids is 2. The summed E-state index contributed by atoms with van der Waals surface area (Å²) in [5.41, 5.74) is 1.47. The van der Waals surface area contributed by atoms with Crippen LogP contribution in [0.25, 0.3) is 5.69 Å². The zero-order valence-corrected chi connectivity index (χ0v) is 15.3. The van der Waals surface area contributed by atoms with Gasteiger partial charge in [0.05, 0.1) is 21.9 Å². The number of hydrogen-bond acceptors (Lipinski definition) is 4. The molecule has 2 N–H and O–H groups in total. The normalized spacial score (nSPS) is 13.4. The molecule has 0 aliphatic heterocycles. The number of nitrogens with one attached hydrogen (secondary N) is 2. The van der Waals surface area contributed by atoms with Crippen LogP contribution in [0.3, 0.4) is 0 Å². The molecule has 1 aliphatic carbocycles. The molecule has 1 aromatic carbocycles. The number of aromatic nitrogens is 2. The lowest BCUT2D eigenvalue weighted by Crippen LogP contribution is -2.12. The van der Waals surface area contributed by atoms with E-state index in [1.807, 2.05) is 0 Å². The van der Waals surface area contributed by atoms with Gasteiger partial charge >= 0.3 is 0 Å². The Bertz CT molecular complexity index is 1010. The van der Waals surface area contributed by atoms with Gasteiger partial charge in [0.15, 0.2) is 0 Å². The van der Waals surface area contributed by atoms with Crippen LogP contribution in [0.5, 0.6) is 0 Å². The molecule has 2 aromatic heterocycles. The Kier molecular flexibility index (Phi) is 4.49. The van der Waals surface area contributed by atoms with E-state index < -0.39 is 5.82 Å². The van der Waals surface area contributed by atoms with E-state index >= 15 is 0 Å². The Balaban J connectivity index is 1.48. The molecule has 3 aromatic rings. The lowest BCUT2D eigenvalue weighted by molar-refractivity contribution is -0.117. The van der Waals surface area contributed by atoms with Gasteiger partial charge in [-0.25, -0.2) is 9.37 Å². The molecule has 0 radical (unpaired) electrons. The van der Waals surface area contributed by atoms with Gasteiger partial charge in [-0.3, -0.25) is 9.59 Å². The first-order valence-corrected chi connectivity index (χ1v) is 9.33. The number of hydrogen-bond donors (Lipinski definition) is 2. The third-order valence-corrected chi connectivity index (χ3v) is 5.46. The van der Waals surface area contributed by atoms with Gasteiger partial charge in [-0.05, 0) is 49.6 Å². The Morgan fingerprint density at radius 1 is 1.26 bits per heavy atom. The number of aryl methyl sites for hydroxylation is 1. The molecule has 1 fully saturated rings. The van der Waals surface area contributed by atoms with Crippen molar-refractivity contribution in [1.29, 1.82) is 0 Å². The maximum absolute atomic E-state index is 14.3. The Labute approximate surface area is 159 Å². The number of imidazole rings is 1. The summed E-state index contributed by atoms with van der Waals surface area (Å²) in [5.74, 6) is -0.702. The van der Waals surface area contributed by atoms with E-state index in [1.54, 1.807) is 42.1 Å². The highest BCUT2D eigenvalue weighted by atomic mass is 32.1. The van der Waals surface area contributed by atoms with Crippen molar-refractivity contribution in [2.75, 3.05) is 10.6 Å². The molecule has 1 aliphatic rings. The number of rotatable bonds is 5. The number of nitrogens with zero attached hydrogens (tertiary/aromatic N) is 2. The first kappa shape index (κ1) is 17.4. The summed E-state index contributed by atoms with van der Waals surface area (Å²) >= 11 is 1.22. The predicted molar refractivity (Wildman–Crippen MR) is 102 cm³/mol. The largest absolute Gasteiger partial charge is 0.321 e. The number of amides is 2. The molecule has 6 nitrogen and oxygen atoms in total. The van der Waals surface area contributed by atoms with Gasteiger partial charge in [0, 0.05) is 24.0 Å². The van der Waals surface area contributed by atoms with E-state index in [0.29, 0.717) is 21.3 Å². The lowest BCUT2D eigenvalue weighted by Gasteiger charge is -2.08. The van der Waals surface area contributed by atoms with Crippen LogP contribution >= 0.6 is 11.3 Å². The second-order valence-electron chi connectivity index (χ2n) is 6.48. The molecular formula is C19H17FN4O2S. The van der Waals surface area contributed by atoms with Gasteiger partial charge < -0.3 is 15.2 Å². The molecule has 2 amide bonds. The van der Waals surface area contributed by atoms with Gasteiger partial charge in [0.1, 0.15) is 5.82 Å². The predicted octanol–water partition coefficient (Wildman–Crippen LogP) is 3.98. The fraction of sp³-hybridized carbons (Fsp3) is 0.211. The van der Waals surface area contributed by atoms with E-state index in [2.05, 4.69) is 15.6 Å². The van der Waals surface area contributed by atoms with Gasteiger partial charge in [-0.1, -0.05) is 0 Å². The molecular weight excluding hydrogens is 367 g/mol. The summed E-state index contributed by atoms with van der Waals surface area (Å²) in [4.78, 5) is 28.8. The quantitative estimate of drug-likeness (QED) is 0.699. The summed E-state index contributed by atoms with van der Waals surface area (Å²) in [6.07, 6.45) is 6.55. The highest BCUT2D eigenvalue weighted by Crippen LogP contribution is 2.33. The topological polar surface area (TPSA) is 76.0 Å². The third-order valence-electron chi connectivity index (χ3n) is 4.31. The van der Waals surface area contributed by atoms with Crippen LogP contribution in [-0.2, 0) is 4.79 Å². The average Bonchev–Trinajstić information content (AvgIpc) is 3.22. The van der Waals surface area contributed by atoms with Crippen molar-refractivity contribution in [1.82, 2.24) is 9.55 Å². The van der Waals surface area contributed by atoms with Crippen molar-refractivity contribution in [3.8, 4) is 5.69 Å². The maximum Gasteiger partial charge on any atom is 0.266 e. The number of halogens is 1. The Morgan fingerprint density at radius 3 is 2.74 bits per heavy atom. The highest BCUT2D eigenvalue weighted by molar-refractivity contribution is 7.18. The van der Waals surface area contributed by atoms with Crippen LogP contribution in [0, 0.1) is 18.7 Å². The van der Waals surface area contributed by atoms with Crippen molar-refractivity contribution in [3.05, 3.63) is 59.2 Å². The second kappa shape index (κ2) is 6.96. The van der Waals surface area contributed by atoms with Crippen molar-refractivity contribution < 1.29 is 14.0 Å². The summed E-state index contributed by atoms with van der Waals surface area (Å²) < 4.78 is 15.9. The maximum atomic E-state index is 14.3. The molecule has 0 unspecified atom stereocenters. The standard InChI is InChI=1S/C19H17FN4O2S/c1-11-8-16(23-18(25)12-2-3-12)27-17(11)19(26)22-13-4-5-15(14(20)9-13)24-7-6-21-10-24/h4-10,12H,2-3H2,1H3,(H,22,26)(H,23,25). The fourth-order valence-electron chi connectivity index (χ4n) is 2.72. The van der Waals surface area contributed by atoms with Gasteiger partial charge in [-0.2, -0.15) is 0 Å². The zero-order chi connectivity index (χ0) is 19.0. The van der Waals surface area contributed by atoms with Crippen molar-refractivity contribution in [3.63, 3.8) is 0 Å². The van der Waals surface area contributed by atoms with Crippen LogP contribution in [0.1, 0.15) is 28.1 Å². The van der Waals surface area contributed by atoms with Crippen molar-refractivity contribution in [2.45, 2.75) is 19.8 Å². The first-order valence-electron chi connectivity index (χ1n) is 8.52. The SMILES string of the molecule is Cc1cc(NC(=O)C2CC2)sc1C(=O)Nc1ccc(-n2ccnc2)c(F)c1. The van der Waals surface area contributed by atoms with Crippen LogP contribution in [0.4, 0.5) is 15.1 Å². The smallest absolute Gasteiger partial charge is 0.266 e. The molecule has 8 heteroatoms. The number of carbonyl (C=O) groups is 2. The fourth-order valence-corrected chi connectivity index (χ4v) is 3.69. The molecule has 0 bridgehead atoms. The second-order valence-corrected chi connectivity index (χ2v) is 7.53. The van der Waals surface area contributed by atoms with Crippen molar-refractivity contribution in [2.24, 2.45) is 5.92 Å². The number of thiophene rings is 1. The van der Waals surface area contributed by atoms with Crippen LogP contribution in [0.15, 0.2) is 43.0 Å². The minimum Gasteiger partial charge on any atom is -0.321 e. The summed E-state index contributed by atoms with van der Waals surface area (Å²) in [5, 5.41) is 6.20. The average molecular weight is 384 g/mol. The van der Waals surface area contributed by atoms with Crippen LogP contribution in [-0.4, -0.2) is 21.4 Å². The van der Waals surface area contributed by atoms with Gasteiger partial charge in [-0.15, -0.1) is 11.3 Å². The van der Waals surface area contributed by atoms with Crippen LogP contribution in [0.2, 0.25) is 0 Å². The number of anilines is 2. The van der Waals surface area contributed by atoms with Crippen LogP contribution < -0.4 is 10.6 Å². The third kappa shape index (κ3) is 3.75. The van der Waals surface area contributed by atoms with Crippen molar-refractivity contribution >= 4 is 33.8 Å². The monoisotopic (exact) mass is 384 g/mol. The van der Waals surface area contributed by atoms with E-state index in [9.17, 15) is 14.0 Å². The summed E-state index contributed by atoms with van der Waals surface area (Å²) in [7, 11) is 0. The molecule has 2 heterocycles. The lowest BCUT2D eigenvalue weighted by atomic mass is 10.2. The molecule has 0 saturated heterocycles. The molecule has 1 saturated carbocycles.